The Labute approximate surface area is 135 Å². The number of carboxylic acid groups (broad SMARTS) is 1. The average Bonchev–Trinajstić information content (AvgIpc) is 3.04. The topological polar surface area (TPSA) is 78.3 Å². The van der Waals surface area contributed by atoms with Gasteiger partial charge in [-0.25, -0.2) is 9.97 Å². The van der Waals surface area contributed by atoms with Crippen molar-refractivity contribution in [3.05, 3.63) is 53.9 Å². The molecule has 0 radical (unpaired) electrons. The molecule has 1 fully saturated rings. The highest BCUT2D eigenvalue weighted by Gasteiger charge is 2.27. The van der Waals surface area contributed by atoms with Crippen LogP contribution in [0.5, 0.6) is 0 Å². The van der Waals surface area contributed by atoms with E-state index in [1.165, 1.54) is 5.56 Å². The smallest absolute Gasteiger partial charge is 0.307 e. The van der Waals surface area contributed by atoms with Crippen molar-refractivity contribution >= 4 is 11.9 Å². The molecule has 1 aromatic carbocycles. The van der Waals surface area contributed by atoms with Gasteiger partial charge in [0.25, 0.3) is 0 Å². The summed E-state index contributed by atoms with van der Waals surface area (Å²) >= 11 is 0. The Kier molecular flexibility index (Phi) is 4.83. The molecule has 1 saturated heterocycles. The minimum absolute atomic E-state index is 0.247. The molecule has 2 heterocycles. The lowest BCUT2D eigenvalue weighted by atomic mass is 10.1. The van der Waals surface area contributed by atoms with E-state index in [1.807, 2.05) is 30.3 Å². The van der Waals surface area contributed by atoms with Crippen molar-refractivity contribution in [1.29, 1.82) is 0 Å². The highest BCUT2D eigenvalue weighted by atomic mass is 16.4. The average molecular weight is 312 g/mol. The highest BCUT2D eigenvalue weighted by molar-refractivity contribution is 5.70. The van der Waals surface area contributed by atoms with Gasteiger partial charge in [-0.1, -0.05) is 30.3 Å². The number of nitrogens with one attached hydrogen (secondary N) is 1. The molecule has 6 nitrogen and oxygen atoms in total. The van der Waals surface area contributed by atoms with Gasteiger partial charge in [0.15, 0.2) is 0 Å². The molecular formula is C17H20N4O2. The molecule has 1 aliphatic rings. The quantitative estimate of drug-likeness (QED) is 0.849. The normalized spacial score (nSPS) is 18.0. The molecule has 1 atom stereocenters. The molecule has 0 saturated carbocycles. The summed E-state index contributed by atoms with van der Waals surface area (Å²) < 4.78 is 0. The van der Waals surface area contributed by atoms with Crippen LogP contribution in [0.25, 0.3) is 0 Å². The van der Waals surface area contributed by atoms with Gasteiger partial charge < -0.3 is 10.4 Å². The van der Waals surface area contributed by atoms with Gasteiger partial charge in [-0.15, -0.1) is 0 Å². The fraction of sp³-hybridized carbons (Fsp3) is 0.353. The Balaban J connectivity index is 1.50. The number of likely N-dealkylation sites (tertiary alicyclic amines) is 1. The van der Waals surface area contributed by atoms with Crippen LogP contribution in [-0.4, -0.2) is 39.0 Å². The van der Waals surface area contributed by atoms with Crippen molar-refractivity contribution < 1.29 is 9.90 Å². The van der Waals surface area contributed by atoms with E-state index in [1.54, 1.807) is 12.4 Å². The van der Waals surface area contributed by atoms with Crippen LogP contribution in [-0.2, 0) is 17.9 Å². The van der Waals surface area contributed by atoms with Gasteiger partial charge in [-0.05, 0) is 18.5 Å². The predicted octanol–water partition coefficient (Wildman–Crippen LogP) is 2.00. The third-order valence-corrected chi connectivity index (χ3v) is 4.03. The summed E-state index contributed by atoms with van der Waals surface area (Å²) in [5.41, 5.74) is 2.18. The lowest BCUT2D eigenvalue weighted by Gasteiger charge is -2.14. The molecule has 120 valence electrons. The second-order valence-corrected chi connectivity index (χ2v) is 5.81. The van der Waals surface area contributed by atoms with Crippen LogP contribution in [0.15, 0.2) is 42.7 Å². The number of carbonyl (C=O) groups is 1. The van der Waals surface area contributed by atoms with E-state index in [4.69, 9.17) is 5.11 Å². The van der Waals surface area contributed by atoms with Gasteiger partial charge >= 0.3 is 5.97 Å². The van der Waals surface area contributed by atoms with Gasteiger partial charge in [0.2, 0.25) is 5.95 Å². The fourth-order valence-corrected chi connectivity index (χ4v) is 2.74. The van der Waals surface area contributed by atoms with E-state index >= 15 is 0 Å². The van der Waals surface area contributed by atoms with Crippen molar-refractivity contribution in [2.24, 2.45) is 5.92 Å². The fourth-order valence-electron chi connectivity index (χ4n) is 2.74. The van der Waals surface area contributed by atoms with Crippen LogP contribution < -0.4 is 5.32 Å². The molecule has 3 rings (SSSR count). The molecule has 0 spiro atoms. The first-order valence-corrected chi connectivity index (χ1v) is 7.74. The summed E-state index contributed by atoms with van der Waals surface area (Å²) in [5.74, 6) is -0.352. The standard InChI is InChI=1S/C17H20N4O2/c22-16(23)15-6-7-21(12-15)11-14-9-19-17(20-10-14)18-8-13-4-2-1-3-5-13/h1-5,9-10,15H,6-8,11-12H2,(H,22,23)(H,18,19,20)/t15-/m0/s1. The molecule has 0 bridgehead atoms. The van der Waals surface area contributed by atoms with E-state index in [2.05, 4.69) is 20.2 Å². The van der Waals surface area contributed by atoms with Crippen LogP contribution in [0, 0.1) is 5.92 Å². The number of nitrogens with zero attached hydrogens (tertiary/aromatic N) is 3. The Morgan fingerprint density at radius 1 is 1.22 bits per heavy atom. The van der Waals surface area contributed by atoms with Crippen molar-refractivity contribution in [1.82, 2.24) is 14.9 Å². The summed E-state index contributed by atoms with van der Waals surface area (Å²) in [7, 11) is 0. The van der Waals surface area contributed by atoms with Crippen LogP contribution in [0.2, 0.25) is 0 Å². The summed E-state index contributed by atoms with van der Waals surface area (Å²) in [6.45, 7) is 2.80. The van der Waals surface area contributed by atoms with Crippen molar-refractivity contribution in [3.63, 3.8) is 0 Å². The van der Waals surface area contributed by atoms with Crippen molar-refractivity contribution in [3.8, 4) is 0 Å². The van der Waals surface area contributed by atoms with E-state index in [0.717, 1.165) is 12.1 Å². The number of aliphatic carboxylic acids is 1. The first kappa shape index (κ1) is 15.4. The molecular weight excluding hydrogens is 292 g/mol. The Morgan fingerprint density at radius 3 is 2.61 bits per heavy atom. The van der Waals surface area contributed by atoms with E-state index in [0.29, 0.717) is 32.0 Å². The lowest BCUT2D eigenvalue weighted by molar-refractivity contribution is -0.141. The van der Waals surface area contributed by atoms with Gasteiger partial charge in [-0.2, -0.15) is 0 Å². The molecule has 23 heavy (non-hydrogen) atoms. The summed E-state index contributed by atoms with van der Waals surface area (Å²) in [5, 5.41) is 12.2. The molecule has 2 aromatic rings. The monoisotopic (exact) mass is 312 g/mol. The number of anilines is 1. The van der Waals surface area contributed by atoms with Gasteiger partial charge in [0.1, 0.15) is 0 Å². The molecule has 2 N–H and O–H groups in total. The zero-order valence-electron chi connectivity index (χ0n) is 12.9. The second-order valence-electron chi connectivity index (χ2n) is 5.81. The maximum absolute atomic E-state index is 11.0. The lowest BCUT2D eigenvalue weighted by Crippen LogP contribution is -2.23. The Morgan fingerprint density at radius 2 is 1.96 bits per heavy atom. The molecule has 0 unspecified atom stereocenters. The summed E-state index contributed by atoms with van der Waals surface area (Å²) in [6.07, 6.45) is 4.32. The third kappa shape index (κ3) is 4.26. The molecule has 1 aliphatic heterocycles. The molecule has 1 aromatic heterocycles. The van der Waals surface area contributed by atoms with Crippen molar-refractivity contribution in [2.45, 2.75) is 19.5 Å². The third-order valence-electron chi connectivity index (χ3n) is 4.03. The zero-order chi connectivity index (χ0) is 16.1. The molecule has 0 amide bonds. The Hall–Kier alpha value is -2.47. The van der Waals surface area contributed by atoms with Gasteiger partial charge in [0, 0.05) is 37.6 Å². The number of hydrogen-bond donors (Lipinski definition) is 2. The van der Waals surface area contributed by atoms with Crippen LogP contribution in [0.4, 0.5) is 5.95 Å². The van der Waals surface area contributed by atoms with Gasteiger partial charge in [-0.3, -0.25) is 9.69 Å². The number of benzene rings is 1. The van der Waals surface area contributed by atoms with E-state index in [9.17, 15) is 4.79 Å². The SMILES string of the molecule is O=C(O)[C@H]1CCN(Cc2cnc(NCc3ccccc3)nc2)C1. The number of aromatic nitrogens is 2. The number of hydrogen-bond acceptors (Lipinski definition) is 5. The van der Waals surface area contributed by atoms with E-state index in [-0.39, 0.29) is 5.92 Å². The molecule has 0 aliphatic carbocycles. The first-order valence-electron chi connectivity index (χ1n) is 7.74. The second kappa shape index (κ2) is 7.19. The zero-order valence-corrected chi connectivity index (χ0v) is 12.9. The summed E-state index contributed by atoms with van der Waals surface area (Å²) in [6, 6.07) is 10.1. The predicted molar refractivity (Wildman–Crippen MR) is 86.8 cm³/mol. The molecule has 6 heteroatoms. The highest BCUT2D eigenvalue weighted by Crippen LogP contribution is 2.18. The van der Waals surface area contributed by atoms with Crippen molar-refractivity contribution in [2.75, 3.05) is 18.4 Å². The van der Waals surface area contributed by atoms with Crippen LogP contribution in [0.1, 0.15) is 17.5 Å². The number of carboxylic acids is 1. The first-order chi connectivity index (χ1) is 11.2. The Bertz CT molecular complexity index is 645. The van der Waals surface area contributed by atoms with Crippen LogP contribution in [0.3, 0.4) is 0 Å². The minimum Gasteiger partial charge on any atom is -0.481 e. The van der Waals surface area contributed by atoms with Gasteiger partial charge in [0.05, 0.1) is 5.92 Å². The summed E-state index contributed by atoms with van der Waals surface area (Å²) in [4.78, 5) is 21.8. The van der Waals surface area contributed by atoms with Crippen LogP contribution >= 0.6 is 0 Å². The van der Waals surface area contributed by atoms with E-state index < -0.39 is 5.97 Å². The largest absolute Gasteiger partial charge is 0.481 e. The number of rotatable bonds is 6. The maximum Gasteiger partial charge on any atom is 0.307 e. The minimum atomic E-state index is -0.704. The maximum atomic E-state index is 11.0.